The number of hydrogen-bond acceptors (Lipinski definition) is 6. The van der Waals surface area contributed by atoms with Crippen LogP contribution in [-0.2, 0) is 21.0 Å². The van der Waals surface area contributed by atoms with Gasteiger partial charge in [0.1, 0.15) is 12.4 Å². The van der Waals surface area contributed by atoms with E-state index in [0.717, 1.165) is 29.9 Å². The summed E-state index contributed by atoms with van der Waals surface area (Å²) in [6, 6.07) is 16.4. The van der Waals surface area contributed by atoms with E-state index >= 15 is 0 Å². The highest BCUT2D eigenvalue weighted by molar-refractivity contribution is 5.95. The van der Waals surface area contributed by atoms with Gasteiger partial charge >= 0.3 is 0 Å². The third kappa shape index (κ3) is 8.88. The van der Waals surface area contributed by atoms with E-state index in [1.807, 2.05) is 36.4 Å². The molecule has 1 heterocycles. The van der Waals surface area contributed by atoms with E-state index in [1.54, 1.807) is 31.3 Å². The van der Waals surface area contributed by atoms with Crippen molar-refractivity contribution in [2.45, 2.75) is 46.1 Å². The molecule has 3 rings (SSSR count). The van der Waals surface area contributed by atoms with Gasteiger partial charge in [0.05, 0.1) is 25.3 Å². The van der Waals surface area contributed by atoms with E-state index < -0.39 is 5.92 Å². The first-order valence-corrected chi connectivity index (χ1v) is 12.5. The summed E-state index contributed by atoms with van der Waals surface area (Å²) in [6.45, 7) is 4.19. The first kappa shape index (κ1) is 27.6. The first-order chi connectivity index (χ1) is 18.0. The molecule has 2 aromatic carbocycles. The van der Waals surface area contributed by atoms with Crippen LogP contribution in [0.2, 0.25) is 0 Å². The zero-order chi connectivity index (χ0) is 26.5. The van der Waals surface area contributed by atoms with Gasteiger partial charge in [-0.05, 0) is 37.1 Å². The molecule has 0 bridgehead atoms. The summed E-state index contributed by atoms with van der Waals surface area (Å²) in [5.41, 5.74) is 2.03. The summed E-state index contributed by atoms with van der Waals surface area (Å²) in [5.74, 6) is 0.0505. The SMILES string of the molecule is CCCCC[C@H](CN(C=O)OCc1ccccc1)C(=O)NCNC(=O)c1cccc(-c2ncc(C)o2)c1. The fraction of sp³-hybridized carbons (Fsp3) is 0.357. The molecule has 0 aliphatic carbocycles. The van der Waals surface area contributed by atoms with Gasteiger partial charge in [-0.15, -0.1) is 0 Å². The minimum atomic E-state index is -0.471. The van der Waals surface area contributed by atoms with Gasteiger partial charge < -0.3 is 15.1 Å². The molecule has 0 aliphatic heterocycles. The third-order valence-electron chi connectivity index (χ3n) is 5.79. The van der Waals surface area contributed by atoms with Crippen LogP contribution in [0.3, 0.4) is 0 Å². The van der Waals surface area contributed by atoms with Gasteiger partial charge in [-0.3, -0.25) is 19.2 Å². The maximum Gasteiger partial charge on any atom is 0.252 e. The Bertz CT molecular complexity index is 1150. The Labute approximate surface area is 217 Å². The number of hydrogen-bond donors (Lipinski definition) is 2. The molecule has 196 valence electrons. The number of carbonyl (C=O) groups is 3. The lowest BCUT2D eigenvalue weighted by molar-refractivity contribution is -0.182. The van der Waals surface area contributed by atoms with Crippen molar-refractivity contribution in [3.05, 3.63) is 77.7 Å². The summed E-state index contributed by atoms with van der Waals surface area (Å²) < 4.78 is 5.53. The number of aryl methyl sites for hydroxylation is 1. The largest absolute Gasteiger partial charge is 0.441 e. The second-order valence-electron chi connectivity index (χ2n) is 8.74. The van der Waals surface area contributed by atoms with Crippen LogP contribution in [0.4, 0.5) is 0 Å². The molecular weight excluding hydrogens is 472 g/mol. The molecule has 0 fully saturated rings. The molecule has 3 amide bonds. The average molecular weight is 507 g/mol. The number of rotatable bonds is 15. The quantitative estimate of drug-likeness (QED) is 0.138. The number of oxazole rings is 1. The molecule has 37 heavy (non-hydrogen) atoms. The predicted molar refractivity (Wildman–Crippen MR) is 139 cm³/mol. The van der Waals surface area contributed by atoms with Crippen molar-refractivity contribution < 1.29 is 23.6 Å². The molecular formula is C28H34N4O5. The number of unbranched alkanes of at least 4 members (excludes halogenated alkanes) is 2. The Morgan fingerprint density at radius 1 is 1.11 bits per heavy atom. The van der Waals surface area contributed by atoms with Gasteiger partial charge in [-0.2, -0.15) is 0 Å². The molecule has 3 aromatic rings. The zero-order valence-electron chi connectivity index (χ0n) is 21.3. The fourth-order valence-electron chi connectivity index (χ4n) is 3.76. The summed E-state index contributed by atoms with van der Waals surface area (Å²) in [7, 11) is 0. The van der Waals surface area contributed by atoms with Crippen LogP contribution in [-0.4, -0.2) is 41.5 Å². The van der Waals surface area contributed by atoms with E-state index in [0.29, 0.717) is 35.6 Å². The molecule has 0 aliphatic rings. The lowest BCUT2D eigenvalue weighted by atomic mass is 10.00. The molecule has 1 aromatic heterocycles. The topological polar surface area (TPSA) is 114 Å². The second-order valence-corrected chi connectivity index (χ2v) is 8.74. The lowest BCUT2D eigenvalue weighted by Crippen LogP contribution is -2.43. The van der Waals surface area contributed by atoms with Gasteiger partial charge in [-0.25, -0.2) is 10.0 Å². The Morgan fingerprint density at radius 2 is 1.92 bits per heavy atom. The Kier molecular flexibility index (Phi) is 10.9. The maximum atomic E-state index is 12.9. The Balaban J connectivity index is 1.53. The van der Waals surface area contributed by atoms with Gasteiger partial charge in [0, 0.05) is 11.1 Å². The van der Waals surface area contributed by atoms with Crippen molar-refractivity contribution in [1.29, 1.82) is 0 Å². The van der Waals surface area contributed by atoms with Gasteiger partial charge in [0.2, 0.25) is 18.2 Å². The van der Waals surface area contributed by atoms with Crippen molar-refractivity contribution in [3.63, 3.8) is 0 Å². The molecule has 2 N–H and O–H groups in total. The average Bonchev–Trinajstić information content (AvgIpc) is 3.37. The number of hydroxylamine groups is 2. The third-order valence-corrected chi connectivity index (χ3v) is 5.79. The number of benzene rings is 2. The van der Waals surface area contributed by atoms with E-state index in [2.05, 4.69) is 22.5 Å². The van der Waals surface area contributed by atoms with Crippen LogP contribution in [0.15, 0.2) is 65.2 Å². The van der Waals surface area contributed by atoms with E-state index in [4.69, 9.17) is 9.25 Å². The predicted octanol–water partition coefficient (Wildman–Crippen LogP) is 4.24. The van der Waals surface area contributed by atoms with E-state index in [9.17, 15) is 14.4 Å². The monoisotopic (exact) mass is 506 g/mol. The normalized spacial score (nSPS) is 11.5. The number of carbonyl (C=O) groups excluding carboxylic acids is 3. The fourth-order valence-corrected chi connectivity index (χ4v) is 3.76. The van der Waals surface area contributed by atoms with Crippen LogP contribution < -0.4 is 10.6 Å². The Morgan fingerprint density at radius 3 is 2.62 bits per heavy atom. The highest BCUT2D eigenvalue weighted by Crippen LogP contribution is 2.20. The van der Waals surface area contributed by atoms with Gasteiger partial charge in [0.25, 0.3) is 5.91 Å². The summed E-state index contributed by atoms with van der Waals surface area (Å²) in [4.78, 5) is 47.0. The molecule has 9 heteroatoms. The van der Waals surface area contributed by atoms with E-state index in [1.165, 1.54) is 0 Å². The second kappa shape index (κ2) is 14.5. The number of aromatic nitrogens is 1. The molecule has 0 radical (unpaired) electrons. The maximum absolute atomic E-state index is 12.9. The smallest absolute Gasteiger partial charge is 0.252 e. The van der Waals surface area contributed by atoms with Crippen molar-refractivity contribution >= 4 is 18.2 Å². The van der Waals surface area contributed by atoms with Crippen LogP contribution in [0.1, 0.15) is 54.3 Å². The summed E-state index contributed by atoms with van der Waals surface area (Å²) in [5, 5.41) is 6.64. The zero-order valence-corrected chi connectivity index (χ0v) is 21.3. The van der Waals surface area contributed by atoms with Crippen molar-refractivity contribution in [3.8, 4) is 11.5 Å². The standard InChI is InChI=1S/C28H34N4O5/c1-3-4-6-12-25(17-32(20-33)36-18-22-10-7-5-8-11-22)27(35)31-19-30-26(34)23-13-9-14-24(15-23)28-29-16-21(2)37-28/h5,7-11,13-16,20,25H,3-4,6,12,17-19H2,1-2H3,(H,30,34)(H,31,35)/t25-/m1/s1. The molecule has 0 unspecified atom stereocenters. The molecule has 0 spiro atoms. The summed E-state index contributed by atoms with van der Waals surface area (Å²) in [6.07, 6.45) is 5.65. The van der Waals surface area contributed by atoms with Crippen LogP contribution >= 0.6 is 0 Å². The van der Waals surface area contributed by atoms with Crippen molar-refractivity contribution in [2.24, 2.45) is 5.92 Å². The molecule has 0 saturated heterocycles. The summed E-state index contributed by atoms with van der Waals surface area (Å²) >= 11 is 0. The van der Waals surface area contributed by atoms with Crippen LogP contribution in [0.5, 0.6) is 0 Å². The lowest BCUT2D eigenvalue weighted by Gasteiger charge is -2.23. The number of nitrogens with zero attached hydrogens (tertiary/aromatic N) is 2. The van der Waals surface area contributed by atoms with Crippen LogP contribution in [0.25, 0.3) is 11.5 Å². The highest BCUT2D eigenvalue weighted by Gasteiger charge is 2.22. The highest BCUT2D eigenvalue weighted by atomic mass is 16.7. The number of amides is 3. The minimum Gasteiger partial charge on any atom is -0.441 e. The van der Waals surface area contributed by atoms with Gasteiger partial charge in [-0.1, -0.05) is 62.6 Å². The Hall–Kier alpha value is -3.98. The number of nitrogens with one attached hydrogen (secondary N) is 2. The molecule has 1 atom stereocenters. The minimum absolute atomic E-state index is 0.0454. The van der Waals surface area contributed by atoms with Crippen LogP contribution in [0, 0.1) is 12.8 Å². The molecule has 0 saturated carbocycles. The van der Waals surface area contributed by atoms with Gasteiger partial charge in [0.15, 0.2) is 0 Å². The molecule has 9 nitrogen and oxygen atoms in total. The van der Waals surface area contributed by atoms with Crippen molar-refractivity contribution in [2.75, 3.05) is 13.2 Å². The van der Waals surface area contributed by atoms with E-state index in [-0.39, 0.29) is 31.6 Å². The van der Waals surface area contributed by atoms with Crippen molar-refractivity contribution in [1.82, 2.24) is 20.7 Å². The first-order valence-electron chi connectivity index (χ1n) is 12.5.